The fourth-order valence-electron chi connectivity index (χ4n) is 2.90. The van der Waals surface area contributed by atoms with E-state index in [0.717, 1.165) is 25.7 Å². The smallest absolute Gasteiger partial charge is 0.340 e. The van der Waals surface area contributed by atoms with E-state index in [9.17, 15) is 9.59 Å². The second kappa shape index (κ2) is 7.89. The van der Waals surface area contributed by atoms with Crippen molar-refractivity contribution in [3.05, 3.63) is 46.1 Å². The highest BCUT2D eigenvalue weighted by molar-refractivity contribution is 6.43. The summed E-state index contributed by atoms with van der Waals surface area (Å²) in [5.74, 6) is -0.535. The number of nitrogens with zero attached hydrogens (tertiary/aromatic N) is 2. The summed E-state index contributed by atoms with van der Waals surface area (Å²) in [6, 6.07) is 6.68. The van der Waals surface area contributed by atoms with Crippen molar-refractivity contribution in [2.45, 2.75) is 31.7 Å². The number of hydrogen-bond acceptors (Lipinski definition) is 4. The van der Waals surface area contributed by atoms with E-state index in [4.69, 9.17) is 27.9 Å². The zero-order valence-corrected chi connectivity index (χ0v) is 14.9. The van der Waals surface area contributed by atoms with Gasteiger partial charge in [0.25, 0.3) is 5.91 Å². The average molecular weight is 382 g/mol. The Kier molecular flexibility index (Phi) is 5.60. The van der Waals surface area contributed by atoms with E-state index < -0.39 is 18.5 Å². The monoisotopic (exact) mass is 381 g/mol. The van der Waals surface area contributed by atoms with Crippen molar-refractivity contribution in [2.75, 3.05) is 11.9 Å². The van der Waals surface area contributed by atoms with Crippen LogP contribution in [0.25, 0.3) is 0 Å². The number of hydrogen-bond donors (Lipinski definition) is 1. The van der Waals surface area contributed by atoms with Crippen LogP contribution in [0.1, 0.15) is 42.1 Å². The molecule has 1 aliphatic rings. The molecule has 0 unspecified atom stereocenters. The lowest BCUT2D eigenvalue weighted by molar-refractivity contribution is -0.119. The van der Waals surface area contributed by atoms with Gasteiger partial charge in [0.15, 0.2) is 6.61 Å². The van der Waals surface area contributed by atoms with Crippen molar-refractivity contribution < 1.29 is 14.3 Å². The standard InChI is InChI=1S/C17H17Cl2N3O3/c18-13-7-3-6-12(16(13)19)17(24)25-10-15(23)21-14-8-9-20-22(14)11-4-1-2-5-11/h3,6-9,11H,1-2,4-5,10H2,(H,21,23). The maximum atomic E-state index is 12.1. The van der Waals surface area contributed by atoms with Crippen LogP contribution in [0.2, 0.25) is 10.0 Å². The van der Waals surface area contributed by atoms with Crippen LogP contribution in [0.5, 0.6) is 0 Å². The summed E-state index contributed by atoms with van der Waals surface area (Å²) in [4.78, 5) is 24.1. The second-order valence-corrected chi connectivity index (χ2v) is 6.61. The molecule has 2 aromatic rings. The summed E-state index contributed by atoms with van der Waals surface area (Å²) in [6.45, 7) is -0.419. The largest absolute Gasteiger partial charge is 0.452 e. The number of aromatic nitrogens is 2. The molecule has 8 heteroatoms. The zero-order chi connectivity index (χ0) is 17.8. The molecule has 0 bridgehead atoms. The normalized spacial score (nSPS) is 14.5. The Morgan fingerprint density at radius 2 is 2.00 bits per heavy atom. The molecule has 0 spiro atoms. The Morgan fingerprint density at radius 1 is 1.24 bits per heavy atom. The van der Waals surface area contributed by atoms with Crippen LogP contribution in [0.15, 0.2) is 30.5 Å². The topological polar surface area (TPSA) is 73.2 Å². The summed E-state index contributed by atoms with van der Waals surface area (Å²) in [5, 5.41) is 7.36. The predicted molar refractivity (Wildman–Crippen MR) is 95.1 cm³/mol. The fraction of sp³-hybridized carbons (Fsp3) is 0.353. The van der Waals surface area contributed by atoms with Crippen LogP contribution in [-0.4, -0.2) is 28.3 Å². The SMILES string of the molecule is O=C(COC(=O)c1cccc(Cl)c1Cl)Nc1ccnn1C1CCCC1. The molecule has 0 atom stereocenters. The first kappa shape index (κ1) is 17.8. The van der Waals surface area contributed by atoms with E-state index >= 15 is 0 Å². The van der Waals surface area contributed by atoms with E-state index in [1.807, 2.05) is 4.68 Å². The summed E-state index contributed by atoms with van der Waals surface area (Å²) in [6.07, 6.45) is 6.07. The van der Waals surface area contributed by atoms with E-state index in [1.54, 1.807) is 24.4 Å². The lowest BCUT2D eigenvalue weighted by atomic mass is 10.2. The van der Waals surface area contributed by atoms with Crippen molar-refractivity contribution in [1.29, 1.82) is 0 Å². The Bertz CT molecular complexity index is 785. The Labute approximate surface area is 155 Å². The first-order valence-corrected chi connectivity index (χ1v) is 8.76. The fourth-order valence-corrected chi connectivity index (χ4v) is 3.28. The third-order valence-electron chi connectivity index (χ3n) is 4.11. The maximum Gasteiger partial charge on any atom is 0.340 e. The van der Waals surface area contributed by atoms with Gasteiger partial charge in [-0.15, -0.1) is 0 Å². The van der Waals surface area contributed by atoms with Gasteiger partial charge >= 0.3 is 5.97 Å². The zero-order valence-electron chi connectivity index (χ0n) is 13.4. The highest BCUT2D eigenvalue weighted by Crippen LogP contribution is 2.31. The number of carbonyl (C=O) groups excluding carboxylic acids is 2. The molecule has 1 saturated carbocycles. The van der Waals surface area contributed by atoms with E-state index in [0.29, 0.717) is 11.9 Å². The van der Waals surface area contributed by atoms with Crippen LogP contribution in [0.3, 0.4) is 0 Å². The molecular formula is C17H17Cl2N3O3. The molecule has 1 heterocycles. The lowest BCUT2D eigenvalue weighted by Crippen LogP contribution is -2.23. The summed E-state index contributed by atoms with van der Waals surface area (Å²) >= 11 is 11.8. The molecule has 1 aliphatic carbocycles. The van der Waals surface area contributed by atoms with Gasteiger partial charge in [0.05, 0.1) is 27.8 Å². The molecule has 1 aromatic heterocycles. The van der Waals surface area contributed by atoms with Gasteiger partial charge in [0, 0.05) is 6.07 Å². The molecule has 6 nitrogen and oxygen atoms in total. The molecule has 3 rings (SSSR count). The van der Waals surface area contributed by atoms with Gasteiger partial charge < -0.3 is 10.1 Å². The number of esters is 1. The third-order valence-corrected chi connectivity index (χ3v) is 4.93. The quantitative estimate of drug-likeness (QED) is 0.791. The maximum absolute atomic E-state index is 12.1. The van der Waals surface area contributed by atoms with E-state index in [1.165, 1.54) is 6.07 Å². The molecule has 1 aromatic carbocycles. The van der Waals surface area contributed by atoms with Crippen molar-refractivity contribution in [3.63, 3.8) is 0 Å². The first-order chi connectivity index (χ1) is 12.1. The minimum Gasteiger partial charge on any atom is -0.452 e. The molecule has 0 radical (unpaired) electrons. The van der Waals surface area contributed by atoms with E-state index in [2.05, 4.69) is 10.4 Å². The van der Waals surface area contributed by atoms with Crippen LogP contribution >= 0.6 is 23.2 Å². The van der Waals surface area contributed by atoms with Gasteiger partial charge in [-0.2, -0.15) is 5.10 Å². The third kappa shape index (κ3) is 4.14. The van der Waals surface area contributed by atoms with Crippen LogP contribution < -0.4 is 5.32 Å². The molecule has 0 aliphatic heterocycles. The number of anilines is 1. The van der Waals surface area contributed by atoms with Gasteiger partial charge in [0.2, 0.25) is 0 Å². The van der Waals surface area contributed by atoms with Crippen LogP contribution in [0.4, 0.5) is 5.82 Å². The number of amides is 1. The Balaban J connectivity index is 1.57. The highest BCUT2D eigenvalue weighted by atomic mass is 35.5. The molecule has 25 heavy (non-hydrogen) atoms. The van der Waals surface area contributed by atoms with Gasteiger partial charge in [-0.1, -0.05) is 42.1 Å². The molecular weight excluding hydrogens is 365 g/mol. The summed E-state index contributed by atoms with van der Waals surface area (Å²) in [7, 11) is 0. The average Bonchev–Trinajstić information content (AvgIpc) is 3.26. The minimum absolute atomic E-state index is 0.105. The number of rotatable bonds is 5. The molecule has 0 saturated heterocycles. The highest BCUT2D eigenvalue weighted by Gasteiger charge is 2.21. The minimum atomic E-state index is -0.702. The van der Waals surface area contributed by atoms with Crippen molar-refractivity contribution in [3.8, 4) is 0 Å². The van der Waals surface area contributed by atoms with Gasteiger partial charge in [-0.05, 0) is 25.0 Å². The number of ether oxygens (including phenoxy) is 1. The number of nitrogens with one attached hydrogen (secondary N) is 1. The Morgan fingerprint density at radius 3 is 2.76 bits per heavy atom. The number of carbonyl (C=O) groups is 2. The van der Waals surface area contributed by atoms with Crippen LogP contribution in [-0.2, 0) is 9.53 Å². The number of benzene rings is 1. The molecule has 1 amide bonds. The second-order valence-electron chi connectivity index (χ2n) is 5.82. The Hall–Kier alpha value is -2.05. The number of halogens is 2. The van der Waals surface area contributed by atoms with Crippen molar-refractivity contribution in [1.82, 2.24) is 9.78 Å². The predicted octanol–water partition coefficient (Wildman–Crippen LogP) is 4.10. The first-order valence-electron chi connectivity index (χ1n) is 8.01. The molecule has 132 valence electrons. The van der Waals surface area contributed by atoms with Gasteiger partial charge in [-0.3, -0.25) is 4.79 Å². The van der Waals surface area contributed by atoms with Gasteiger partial charge in [-0.25, -0.2) is 9.48 Å². The van der Waals surface area contributed by atoms with E-state index in [-0.39, 0.29) is 15.6 Å². The summed E-state index contributed by atoms with van der Waals surface area (Å²) in [5.41, 5.74) is 0.123. The lowest BCUT2D eigenvalue weighted by Gasteiger charge is -2.14. The van der Waals surface area contributed by atoms with Gasteiger partial charge in [0.1, 0.15) is 5.82 Å². The molecule has 1 fully saturated rings. The van der Waals surface area contributed by atoms with Crippen molar-refractivity contribution >= 4 is 40.9 Å². The van der Waals surface area contributed by atoms with Crippen LogP contribution in [0, 0.1) is 0 Å². The molecule has 1 N–H and O–H groups in total. The summed E-state index contributed by atoms with van der Waals surface area (Å²) < 4.78 is 6.84. The van der Waals surface area contributed by atoms with Crippen molar-refractivity contribution in [2.24, 2.45) is 0 Å².